The van der Waals surface area contributed by atoms with Crippen LogP contribution in [0.3, 0.4) is 0 Å². The minimum Gasteiger partial charge on any atom is -0.312 e. The van der Waals surface area contributed by atoms with E-state index >= 15 is 0 Å². The van der Waals surface area contributed by atoms with Gasteiger partial charge in [-0.2, -0.15) is 4.31 Å². The molecule has 7 heteroatoms. The predicted molar refractivity (Wildman–Crippen MR) is 82.4 cm³/mol. The van der Waals surface area contributed by atoms with Gasteiger partial charge in [-0.15, -0.1) is 12.4 Å². The second-order valence-corrected chi connectivity index (χ2v) is 7.42. The Morgan fingerprint density at radius 3 is 2.68 bits per heavy atom. The van der Waals surface area contributed by atoms with Gasteiger partial charge in [0.05, 0.1) is 4.90 Å². The molecular weight excluding hydrogens is 352 g/mol. The van der Waals surface area contributed by atoms with Crippen molar-refractivity contribution in [2.75, 3.05) is 19.6 Å². The molecule has 2 rings (SSSR count). The Bertz CT molecular complexity index is 551. The second-order valence-electron chi connectivity index (χ2n) is 4.63. The molecule has 0 radical (unpaired) electrons. The fraction of sp³-hybridized carbons (Fsp3) is 0.500. The first-order valence-electron chi connectivity index (χ1n) is 5.91. The third kappa shape index (κ3) is 3.70. The number of hydrogen-bond acceptors (Lipinski definition) is 3. The molecule has 1 aromatic carbocycles. The maximum Gasteiger partial charge on any atom is 0.243 e. The third-order valence-corrected chi connectivity index (χ3v) is 5.85. The number of halogens is 2. The Kier molecular flexibility index (Phi) is 5.82. The number of benzene rings is 1. The van der Waals surface area contributed by atoms with Crippen LogP contribution in [0.25, 0.3) is 0 Å². The van der Waals surface area contributed by atoms with Crippen LogP contribution in [0.4, 0.5) is 0 Å². The van der Waals surface area contributed by atoms with Crippen LogP contribution in [0.15, 0.2) is 27.6 Å². The smallest absolute Gasteiger partial charge is 0.243 e. The van der Waals surface area contributed by atoms with Crippen LogP contribution in [-0.2, 0) is 10.0 Å². The summed E-state index contributed by atoms with van der Waals surface area (Å²) in [7, 11) is -3.36. The molecule has 1 aromatic rings. The van der Waals surface area contributed by atoms with Crippen molar-refractivity contribution in [3.05, 3.63) is 28.2 Å². The Hall–Kier alpha value is -0.140. The molecule has 0 saturated carbocycles. The summed E-state index contributed by atoms with van der Waals surface area (Å²) in [6, 6.07) is 5.35. The van der Waals surface area contributed by atoms with Crippen molar-refractivity contribution in [3.63, 3.8) is 0 Å². The molecule has 0 amide bonds. The highest BCUT2D eigenvalue weighted by Gasteiger charge is 2.28. The Labute approximate surface area is 129 Å². The van der Waals surface area contributed by atoms with Gasteiger partial charge in [0.2, 0.25) is 10.0 Å². The molecular formula is C12H18BrClN2O2S. The monoisotopic (exact) mass is 368 g/mol. The first-order valence-corrected chi connectivity index (χ1v) is 8.14. The van der Waals surface area contributed by atoms with E-state index in [2.05, 4.69) is 21.2 Å². The van der Waals surface area contributed by atoms with Crippen molar-refractivity contribution in [2.45, 2.75) is 24.8 Å². The van der Waals surface area contributed by atoms with Gasteiger partial charge in [0.1, 0.15) is 0 Å². The molecule has 0 unspecified atom stereocenters. The summed E-state index contributed by atoms with van der Waals surface area (Å²) < 4.78 is 27.4. The minimum atomic E-state index is -3.36. The summed E-state index contributed by atoms with van der Waals surface area (Å²) in [6.45, 7) is 5.65. The van der Waals surface area contributed by atoms with Crippen LogP contribution < -0.4 is 5.32 Å². The van der Waals surface area contributed by atoms with Crippen LogP contribution in [-0.4, -0.2) is 38.4 Å². The van der Waals surface area contributed by atoms with Gasteiger partial charge < -0.3 is 5.32 Å². The molecule has 0 aliphatic carbocycles. The Morgan fingerprint density at radius 2 is 2.11 bits per heavy atom. The summed E-state index contributed by atoms with van der Waals surface area (Å²) in [5.74, 6) is 0. The molecule has 1 N–H and O–H groups in total. The van der Waals surface area contributed by atoms with E-state index in [0.29, 0.717) is 24.5 Å². The number of rotatable bonds is 2. The lowest BCUT2D eigenvalue weighted by Crippen LogP contribution is -2.51. The molecule has 0 aromatic heterocycles. The van der Waals surface area contributed by atoms with Gasteiger partial charge in [0.15, 0.2) is 0 Å². The summed E-state index contributed by atoms with van der Waals surface area (Å²) in [4.78, 5) is 0.373. The first kappa shape index (κ1) is 16.9. The lowest BCUT2D eigenvalue weighted by Gasteiger charge is -2.31. The number of hydrogen-bond donors (Lipinski definition) is 1. The molecule has 4 nitrogen and oxygen atoms in total. The van der Waals surface area contributed by atoms with Gasteiger partial charge in [-0.3, -0.25) is 0 Å². The number of sulfonamides is 1. The molecule has 1 aliphatic rings. The van der Waals surface area contributed by atoms with E-state index in [1.807, 2.05) is 13.8 Å². The van der Waals surface area contributed by atoms with Crippen molar-refractivity contribution < 1.29 is 8.42 Å². The van der Waals surface area contributed by atoms with Gasteiger partial charge in [0.25, 0.3) is 0 Å². The van der Waals surface area contributed by atoms with Crippen LogP contribution in [0.1, 0.15) is 12.5 Å². The highest BCUT2D eigenvalue weighted by molar-refractivity contribution is 9.10. The van der Waals surface area contributed by atoms with Crippen LogP contribution in [0.5, 0.6) is 0 Å². The van der Waals surface area contributed by atoms with E-state index in [-0.39, 0.29) is 18.4 Å². The number of aryl methyl sites for hydroxylation is 1. The Morgan fingerprint density at radius 1 is 1.42 bits per heavy atom. The third-order valence-electron chi connectivity index (χ3n) is 3.10. The van der Waals surface area contributed by atoms with Gasteiger partial charge in [-0.1, -0.05) is 15.9 Å². The molecule has 1 fully saturated rings. The first-order chi connectivity index (χ1) is 8.41. The van der Waals surface area contributed by atoms with E-state index < -0.39 is 10.0 Å². The van der Waals surface area contributed by atoms with Crippen molar-refractivity contribution in [1.29, 1.82) is 0 Å². The predicted octanol–water partition coefficient (Wildman–Crippen LogP) is 2.16. The van der Waals surface area contributed by atoms with Crippen molar-refractivity contribution in [1.82, 2.24) is 9.62 Å². The average molecular weight is 370 g/mol. The molecule has 0 spiro atoms. The standard InChI is InChI=1S/C12H17BrN2O2S.ClH/c1-9-7-11(3-4-12(9)13)18(16,17)15-6-5-14-10(2)8-15;/h3-4,7,10,14H,5-6,8H2,1-2H3;1H/t10-;/m1./s1. The fourth-order valence-electron chi connectivity index (χ4n) is 2.04. The average Bonchev–Trinajstić information content (AvgIpc) is 2.32. The van der Waals surface area contributed by atoms with Gasteiger partial charge in [-0.25, -0.2) is 8.42 Å². The summed E-state index contributed by atoms with van der Waals surface area (Å²) in [6.07, 6.45) is 0. The zero-order chi connectivity index (χ0) is 13.3. The zero-order valence-corrected chi connectivity index (χ0v) is 14.1. The highest BCUT2D eigenvalue weighted by atomic mass is 79.9. The van der Waals surface area contributed by atoms with Gasteiger partial charge >= 0.3 is 0 Å². The SMILES string of the molecule is Cc1cc(S(=O)(=O)N2CCN[C@H](C)C2)ccc1Br.Cl. The van der Waals surface area contributed by atoms with Crippen molar-refractivity contribution in [2.24, 2.45) is 0 Å². The second kappa shape index (κ2) is 6.54. The minimum absolute atomic E-state index is 0. The van der Waals surface area contributed by atoms with Crippen molar-refractivity contribution in [3.8, 4) is 0 Å². The number of nitrogens with zero attached hydrogens (tertiary/aromatic N) is 1. The molecule has 19 heavy (non-hydrogen) atoms. The quantitative estimate of drug-likeness (QED) is 0.869. The van der Waals surface area contributed by atoms with Crippen LogP contribution in [0, 0.1) is 6.92 Å². The lowest BCUT2D eigenvalue weighted by molar-refractivity contribution is 0.310. The van der Waals surface area contributed by atoms with Crippen molar-refractivity contribution >= 4 is 38.4 Å². The molecule has 1 heterocycles. The van der Waals surface area contributed by atoms with Crippen LogP contribution in [0.2, 0.25) is 0 Å². The summed E-state index contributed by atoms with van der Waals surface area (Å²) in [5, 5.41) is 3.24. The molecule has 1 aliphatic heterocycles. The van der Waals surface area contributed by atoms with E-state index in [1.54, 1.807) is 22.5 Å². The van der Waals surface area contributed by atoms with Crippen LogP contribution >= 0.6 is 28.3 Å². The highest BCUT2D eigenvalue weighted by Crippen LogP contribution is 2.23. The fourth-order valence-corrected chi connectivity index (χ4v) is 3.90. The molecule has 0 bridgehead atoms. The number of nitrogens with one attached hydrogen (secondary N) is 1. The normalized spacial score (nSPS) is 20.9. The number of piperazine rings is 1. The van der Waals surface area contributed by atoms with E-state index in [1.165, 1.54) is 0 Å². The summed E-state index contributed by atoms with van der Waals surface area (Å²) >= 11 is 3.38. The van der Waals surface area contributed by atoms with Gasteiger partial charge in [-0.05, 0) is 37.6 Å². The largest absolute Gasteiger partial charge is 0.312 e. The molecule has 108 valence electrons. The van der Waals surface area contributed by atoms with Gasteiger partial charge in [0, 0.05) is 30.1 Å². The summed E-state index contributed by atoms with van der Waals surface area (Å²) in [5.41, 5.74) is 0.930. The van der Waals surface area contributed by atoms with E-state index in [9.17, 15) is 8.42 Å². The molecule has 1 saturated heterocycles. The van der Waals surface area contributed by atoms with E-state index in [0.717, 1.165) is 10.0 Å². The van der Waals surface area contributed by atoms with E-state index in [4.69, 9.17) is 0 Å². The maximum absolute atomic E-state index is 12.5. The zero-order valence-electron chi connectivity index (χ0n) is 10.9. The maximum atomic E-state index is 12.5. The Balaban J connectivity index is 0.00000180. The lowest BCUT2D eigenvalue weighted by atomic mass is 10.2. The topological polar surface area (TPSA) is 49.4 Å². The molecule has 1 atom stereocenters.